The van der Waals surface area contributed by atoms with Crippen LogP contribution < -0.4 is 4.74 Å². The third-order valence-corrected chi connectivity index (χ3v) is 3.54. The average Bonchev–Trinajstić information content (AvgIpc) is 2.46. The fraction of sp³-hybridized carbons (Fsp3) is 0.214. The number of carbonyl (C=O) groups excluding carboxylic acids is 1. The summed E-state index contributed by atoms with van der Waals surface area (Å²) in [6.07, 6.45) is 6.25. The van der Waals surface area contributed by atoms with Crippen LogP contribution in [0.3, 0.4) is 0 Å². The zero-order valence-corrected chi connectivity index (χ0v) is 11.7. The molecule has 0 aliphatic heterocycles. The molecule has 1 unspecified atom stereocenters. The molecule has 102 valence electrons. The number of benzene rings is 1. The van der Waals surface area contributed by atoms with Crippen LogP contribution in [0.5, 0.6) is 5.75 Å². The quantitative estimate of drug-likeness (QED) is 0.346. The monoisotopic (exact) mass is 280 g/mol. The van der Waals surface area contributed by atoms with Crippen LogP contribution in [0, 0.1) is 0 Å². The lowest BCUT2D eigenvalue weighted by molar-refractivity contribution is -0.134. The van der Waals surface area contributed by atoms with Gasteiger partial charge in [0.15, 0.2) is 4.90 Å². The molecule has 0 radical (unpaired) electrons. The van der Waals surface area contributed by atoms with Crippen LogP contribution in [0.15, 0.2) is 53.5 Å². The van der Waals surface area contributed by atoms with E-state index in [1.807, 2.05) is 0 Å². The van der Waals surface area contributed by atoms with Gasteiger partial charge >= 0.3 is 5.97 Å². The van der Waals surface area contributed by atoms with Gasteiger partial charge in [-0.05, 0) is 41.5 Å². The van der Waals surface area contributed by atoms with Crippen LogP contribution in [0.4, 0.5) is 0 Å². The van der Waals surface area contributed by atoms with Crippen molar-refractivity contribution in [2.24, 2.45) is 0 Å². The fourth-order valence-corrected chi connectivity index (χ4v) is 2.17. The molecule has 0 amide bonds. The van der Waals surface area contributed by atoms with Gasteiger partial charge in [0.25, 0.3) is 0 Å². The smallest absolute Gasteiger partial charge is 0.330 e. The van der Waals surface area contributed by atoms with E-state index in [9.17, 15) is 9.35 Å². The Kier molecular flexibility index (Phi) is 6.78. The number of allylic oxidation sites excluding steroid dienone is 2. The Morgan fingerprint density at radius 3 is 2.53 bits per heavy atom. The van der Waals surface area contributed by atoms with Crippen LogP contribution in [-0.2, 0) is 20.7 Å². The minimum absolute atomic E-state index is 0.387. The highest BCUT2D eigenvalue weighted by molar-refractivity contribution is 7.91. The van der Waals surface area contributed by atoms with Crippen molar-refractivity contribution in [1.82, 2.24) is 0 Å². The van der Waals surface area contributed by atoms with Crippen molar-refractivity contribution in [2.45, 2.75) is 4.90 Å². The first kappa shape index (κ1) is 15.3. The minimum atomic E-state index is -1.10. The molecule has 0 aliphatic rings. The Morgan fingerprint density at radius 1 is 1.26 bits per heavy atom. The summed E-state index contributed by atoms with van der Waals surface area (Å²) >= 11 is -1.10. The highest BCUT2D eigenvalue weighted by atomic mass is 32.2. The van der Waals surface area contributed by atoms with Crippen LogP contribution >= 0.6 is 0 Å². The molecule has 0 bridgehead atoms. The van der Waals surface area contributed by atoms with Crippen molar-refractivity contribution in [1.29, 1.82) is 0 Å². The second-order valence-electron chi connectivity index (χ2n) is 3.50. The Labute approximate surface area is 115 Å². The third-order valence-electron chi connectivity index (χ3n) is 2.25. The second-order valence-corrected chi connectivity index (χ2v) is 4.99. The van der Waals surface area contributed by atoms with Gasteiger partial charge in [-0.3, -0.25) is 0 Å². The van der Waals surface area contributed by atoms with Crippen LogP contribution in [0.25, 0.3) is 0 Å². The normalized spacial score (nSPS) is 12.8. The van der Waals surface area contributed by atoms with E-state index in [0.29, 0.717) is 5.75 Å². The van der Waals surface area contributed by atoms with Gasteiger partial charge in [0.1, 0.15) is 11.5 Å². The van der Waals surface area contributed by atoms with Gasteiger partial charge in [0.05, 0.1) is 14.2 Å². The molecule has 0 aromatic heterocycles. The number of hydrogen-bond donors (Lipinski definition) is 0. The molecule has 0 spiro atoms. The molecule has 1 rings (SSSR count). The molecule has 4 nitrogen and oxygen atoms in total. The van der Waals surface area contributed by atoms with Gasteiger partial charge in [0, 0.05) is 6.08 Å². The summed E-state index contributed by atoms with van der Waals surface area (Å²) in [6, 6.07) is 7.09. The topological polar surface area (TPSA) is 58.6 Å². The Morgan fingerprint density at radius 2 is 1.95 bits per heavy atom. The zero-order chi connectivity index (χ0) is 14.1. The summed E-state index contributed by atoms with van der Waals surface area (Å²) in [5.41, 5.74) is 0. The van der Waals surface area contributed by atoms with E-state index < -0.39 is 17.1 Å². The standard InChI is InChI=1S/C14H16O4S/c1-17-12-7-9-13(10-8-12)19(16)11-5-3-4-6-14(15)18-2/h3-10H,11H2,1-2H3/b5-3+,6-4+. The number of carbonyl (C=O) groups is 1. The van der Waals surface area contributed by atoms with Gasteiger partial charge in [0.2, 0.25) is 0 Å². The molecular formula is C14H16O4S. The lowest BCUT2D eigenvalue weighted by Gasteiger charge is -2.08. The molecule has 0 heterocycles. The maximum absolute atomic E-state index is 11.9. The predicted molar refractivity (Wildman–Crippen MR) is 74.6 cm³/mol. The summed E-state index contributed by atoms with van der Waals surface area (Å²) in [4.78, 5) is 11.5. The van der Waals surface area contributed by atoms with Gasteiger partial charge < -0.3 is 14.0 Å². The van der Waals surface area contributed by atoms with E-state index in [1.165, 1.54) is 13.2 Å². The predicted octanol–water partition coefficient (Wildman–Crippen LogP) is 2.09. The summed E-state index contributed by atoms with van der Waals surface area (Å²) in [5, 5.41) is 0. The number of rotatable bonds is 6. The second kappa shape index (κ2) is 8.39. The van der Waals surface area contributed by atoms with E-state index in [1.54, 1.807) is 49.6 Å². The van der Waals surface area contributed by atoms with Crippen LogP contribution in [0.1, 0.15) is 0 Å². The molecule has 0 saturated carbocycles. The lowest BCUT2D eigenvalue weighted by atomic mass is 10.3. The average molecular weight is 280 g/mol. The Balaban J connectivity index is 2.46. The van der Waals surface area contributed by atoms with Crippen molar-refractivity contribution in [2.75, 3.05) is 20.0 Å². The van der Waals surface area contributed by atoms with Crippen molar-refractivity contribution in [3.63, 3.8) is 0 Å². The van der Waals surface area contributed by atoms with Gasteiger partial charge in [-0.15, -0.1) is 0 Å². The third kappa shape index (κ3) is 5.63. The summed E-state index contributed by atoms with van der Waals surface area (Å²) < 4.78 is 21.4. The molecule has 1 aromatic rings. The molecule has 0 N–H and O–H groups in total. The van der Waals surface area contributed by atoms with Crippen molar-refractivity contribution >= 4 is 17.1 Å². The Bertz CT molecular complexity index is 451. The van der Waals surface area contributed by atoms with E-state index in [0.717, 1.165) is 10.6 Å². The molecule has 19 heavy (non-hydrogen) atoms. The molecule has 0 saturated heterocycles. The number of esters is 1. The first-order valence-electron chi connectivity index (χ1n) is 5.61. The first-order chi connectivity index (χ1) is 9.17. The largest absolute Gasteiger partial charge is 0.611 e. The highest BCUT2D eigenvalue weighted by Gasteiger charge is 2.07. The van der Waals surface area contributed by atoms with Crippen molar-refractivity contribution in [3.05, 3.63) is 48.6 Å². The number of ether oxygens (including phenoxy) is 2. The van der Waals surface area contributed by atoms with E-state index in [-0.39, 0.29) is 0 Å². The van der Waals surface area contributed by atoms with E-state index in [2.05, 4.69) is 4.74 Å². The van der Waals surface area contributed by atoms with Gasteiger partial charge in [-0.1, -0.05) is 12.2 Å². The Hall–Kier alpha value is -1.72. The summed E-state index contributed by atoms with van der Waals surface area (Å²) in [7, 11) is 2.90. The zero-order valence-electron chi connectivity index (χ0n) is 10.9. The van der Waals surface area contributed by atoms with Crippen LogP contribution in [0.2, 0.25) is 0 Å². The maximum atomic E-state index is 11.9. The fourth-order valence-electron chi connectivity index (χ4n) is 1.25. The van der Waals surface area contributed by atoms with E-state index >= 15 is 0 Å². The molecule has 5 heteroatoms. The molecule has 1 atom stereocenters. The number of hydrogen-bond acceptors (Lipinski definition) is 4. The SMILES string of the molecule is COC(=O)/C=C/C=C/C[S+]([O-])c1ccc(OC)cc1. The maximum Gasteiger partial charge on any atom is 0.330 e. The number of methoxy groups -OCH3 is 2. The van der Waals surface area contributed by atoms with Crippen molar-refractivity contribution in [3.8, 4) is 5.75 Å². The summed E-state index contributed by atoms with van der Waals surface area (Å²) in [6.45, 7) is 0. The molecular weight excluding hydrogens is 264 g/mol. The minimum Gasteiger partial charge on any atom is -0.611 e. The van der Waals surface area contributed by atoms with Crippen molar-refractivity contribution < 1.29 is 18.8 Å². The van der Waals surface area contributed by atoms with Gasteiger partial charge in [-0.25, -0.2) is 4.79 Å². The molecule has 0 fully saturated rings. The van der Waals surface area contributed by atoms with Gasteiger partial charge in [-0.2, -0.15) is 0 Å². The lowest BCUT2D eigenvalue weighted by Crippen LogP contribution is -2.04. The summed E-state index contributed by atoms with van der Waals surface area (Å²) in [5.74, 6) is 0.705. The molecule has 0 aliphatic carbocycles. The highest BCUT2D eigenvalue weighted by Crippen LogP contribution is 2.16. The molecule has 1 aromatic carbocycles. The van der Waals surface area contributed by atoms with E-state index in [4.69, 9.17) is 4.74 Å². The first-order valence-corrected chi connectivity index (χ1v) is 6.93. The van der Waals surface area contributed by atoms with Crippen LogP contribution in [-0.4, -0.2) is 30.5 Å².